The Morgan fingerprint density at radius 1 is 0.970 bits per heavy atom. The van der Waals surface area contributed by atoms with E-state index in [4.69, 9.17) is 0 Å². The molecule has 2 aromatic rings. The molecular weight excluding hydrogens is 442 g/mol. The van der Waals surface area contributed by atoms with Crippen molar-refractivity contribution in [2.75, 3.05) is 18.4 Å². The van der Waals surface area contributed by atoms with Gasteiger partial charge in [-0.2, -0.15) is 4.31 Å². The minimum absolute atomic E-state index is 0.0637. The molecule has 3 rings (SSSR count). The van der Waals surface area contributed by atoms with Gasteiger partial charge in [-0.25, -0.2) is 8.42 Å². The van der Waals surface area contributed by atoms with Gasteiger partial charge in [0.2, 0.25) is 21.8 Å². The van der Waals surface area contributed by atoms with E-state index in [1.165, 1.54) is 11.2 Å². The molecule has 1 aliphatic rings. The Balaban J connectivity index is 1.51. The van der Waals surface area contributed by atoms with Gasteiger partial charge in [-0.1, -0.05) is 17.7 Å². The summed E-state index contributed by atoms with van der Waals surface area (Å²) >= 11 is 0. The molecule has 2 amide bonds. The van der Waals surface area contributed by atoms with Gasteiger partial charge in [0.25, 0.3) is 0 Å². The van der Waals surface area contributed by atoms with Crippen LogP contribution < -0.4 is 10.6 Å². The molecule has 9 heteroatoms. The van der Waals surface area contributed by atoms with E-state index < -0.39 is 16.1 Å². The summed E-state index contributed by atoms with van der Waals surface area (Å²) in [5, 5.41) is 5.43. The van der Waals surface area contributed by atoms with Crippen LogP contribution in [0.25, 0.3) is 0 Å². The summed E-state index contributed by atoms with van der Waals surface area (Å²) in [5.74, 6) is -1.07. The van der Waals surface area contributed by atoms with Crippen LogP contribution >= 0.6 is 0 Å². The van der Waals surface area contributed by atoms with Crippen molar-refractivity contribution in [1.29, 1.82) is 0 Å². The highest BCUT2D eigenvalue weighted by Crippen LogP contribution is 2.24. The minimum Gasteiger partial charge on any atom is -0.344 e. The van der Waals surface area contributed by atoms with Crippen LogP contribution in [0.15, 0.2) is 53.4 Å². The van der Waals surface area contributed by atoms with Crippen molar-refractivity contribution in [1.82, 2.24) is 9.62 Å². The number of piperidine rings is 1. The number of aryl methyl sites for hydroxylation is 1. The number of hydrogen-bond donors (Lipinski definition) is 2. The third kappa shape index (κ3) is 6.06. The maximum absolute atomic E-state index is 12.8. The number of hydrogen-bond acceptors (Lipinski definition) is 5. The van der Waals surface area contributed by atoms with Gasteiger partial charge >= 0.3 is 0 Å². The van der Waals surface area contributed by atoms with Crippen molar-refractivity contribution in [2.24, 2.45) is 5.92 Å². The van der Waals surface area contributed by atoms with E-state index in [1.807, 2.05) is 6.92 Å². The molecule has 1 saturated heterocycles. The Morgan fingerprint density at radius 2 is 1.55 bits per heavy atom. The van der Waals surface area contributed by atoms with Crippen LogP contribution in [0.4, 0.5) is 5.69 Å². The molecule has 1 fully saturated rings. The Kier molecular flexibility index (Phi) is 7.65. The number of amides is 2. The average molecular weight is 472 g/mol. The highest BCUT2D eigenvalue weighted by atomic mass is 32.2. The number of sulfonamides is 1. The first-order chi connectivity index (χ1) is 15.6. The topological polar surface area (TPSA) is 113 Å². The zero-order chi connectivity index (χ0) is 24.2. The number of ketones is 1. The molecule has 1 unspecified atom stereocenters. The molecule has 1 aliphatic heterocycles. The Bertz CT molecular complexity index is 1120. The predicted molar refractivity (Wildman–Crippen MR) is 125 cm³/mol. The van der Waals surface area contributed by atoms with E-state index in [-0.39, 0.29) is 41.5 Å². The first-order valence-corrected chi connectivity index (χ1v) is 12.3. The summed E-state index contributed by atoms with van der Waals surface area (Å²) in [6.07, 6.45) is 0.773. The highest BCUT2D eigenvalue weighted by Gasteiger charge is 2.32. The maximum Gasteiger partial charge on any atom is 0.246 e. The van der Waals surface area contributed by atoms with Crippen molar-refractivity contribution in [3.8, 4) is 0 Å². The zero-order valence-corrected chi connectivity index (χ0v) is 19.8. The molecular formula is C24H29N3O5S. The smallest absolute Gasteiger partial charge is 0.246 e. The molecule has 1 atom stereocenters. The number of nitrogens with zero attached hydrogens (tertiary/aromatic N) is 1. The third-order valence-electron chi connectivity index (χ3n) is 5.79. The molecule has 0 saturated carbocycles. The van der Waals surface area contributed by atoms with Crippen molar-refractivity contribution in [3.05, 3.63) is 59.7 Å². The number of nitrogens with one attached hydrogen (secondary N) is 2. The van der Waals surface area contributed by atoms with Crippen molar-refractivity contribution >= 4 is 33.3 Å². The number of carbonyl (C=O) groups excluding carboxylic acids is 3. The Morgan fingerprint density at radius 3 is 2.09 bits per heavy atom. The zero-order valence-electron chi connectivity index (χ0n) is 19.0. The van der Waals surface area contributed by atoms with Crippen LogP contribution in [-0.4, -0.2) is 49.5 Å². The largest absolute Gasteiger partial charge is 0.344 e. The number of Topliss-reactive ketones (excluding diaryl/α,β-unsaturated/α-hetero) is 1. The highest BCUT2D eigenvalue weighted by molar-refractivity contribution is 7.89. The van der Waals surface area contributed by atoms with Gasteiger partial charge in [-0.3, -0.25) is 14.4 Å². The van der Waals surface area contributed by atoms with Gasteiger partial charge in [-0.15, -0.1) is 0 Å². The average Bonchev–Trinajstić information content (AvgIpc) is 2.79. The Hall–Kier alpha value is -3.04. The van der Waals surface area contributed by atoms with Gasteiger partial charge in [-0.05, 0) is 70.0 Å². The van der Waals surface area contributed by atoms with Gasteiger partial charge < -0.3 is 10.6 Å². The van der Waals surface area contributed by atoms with E-state index >= 15 is 0 Å². The van der Waals surface area contributed by atoms with Crippen LogP contribution in [-0.2, 0) is 19.6 Å². The number of rotatable bonds is 7. The fraction of sp³-hybridized carbons (Fsp3) is 0.375. The van der Waals surface area contributed by atoms with Crippen LogP contribution in [0, 0.1) is 12.8 Å². The van der Waals surface area contributed by atoms with Crippen molar-refractivity contribution in [2.45, 2.75) is 44.6 Å². The molecule has 2 aromatic carbocycles. The molecule has 33 heavy (non-hydrogen) atoms. The number of benzene rings is 2. The molecule has 8 nitrogen and oxygen atoms in total. The lowest BCUT2D eigenvalue weighted by Gasteiger charge is -2.31. The van der Waals surface area contributed by atoms with Crippen molar-refractivity contribution < 1.29 is 22.8 Å². The maximum atomic E-state index is 12.8. The number of carbonyl (C=O) groups is 3. The summed E-state index contributed by atoms with van der Waals surface area (Å²) in [6.45, 7) is 5.45. The number of anilines is 1. The quantitative estimate of drug-likeness (QED) is 0.603. The first-order valence-electron chi connectivity index (χ1n) is 10.9. The van der Waals surface area contributed by atoms with Crippen LogP contribution in [0.1, 0.15) is 42.6 Å². The second-order valence-electron chi connectivity index (χ2n) is 8.34. The van der Waals surface area contributed by atoms with Crippen LogP contribution in [0.5, 0.6) is 0 Å². The normalized spacial score (nSPS) is 16.1. The van der Waals surface area contributed by atoms with E-state index in [1.54, 1.807) is 55.5 Å². The van der Waals surface area contributed by atoms with E-state index in [2.05, 4.69) is 10.6 Å². The van der Waals surface area contributed by atoms with Gasteiger partial charge in [0.05, 0.1) is 4.90 Å². The summed E-state index contributed by atoms with van der Waals surface area (Å²) in [4.78, 5) is 36.7. The van der Waals surface area contributed by atoms with E-state index in [0.717, 1.165) is 5.56 Å². The molecule has 2 N–H and O–H groups in total. The molecule has 176 valence electrons. The van der Waals surface area contributed by atoms with Crippen molar-refractivity contribution in [3.63, 3.8) is 0 Å². The monoisotopic (exact) mass is 471 g/mol. The lowest BCUT2D eigenvalue weighted by molar-refractivity contribution is -0.129. The molecule has 0 bridgehead atoms. The fourth-order valence-electron chi connectivity index (χ4n) is 3.65. The second-order valence-corrected chi connectivity index (χ2v) is 10.3. The first kappa shape index (κ1) is 24.6. The third-order valence-corrected chi connectivity index (χ3v) is 7.71. The summed E-state index contributed by atoms with van der Waals surface area (Å²) in [5.41, 5.74) is 2.06. The predicted octanol–water partition coefficient (Wildman–Crippen LogP) is 2.74. The molecule has 0 radical (unpaired) electrons. The van der Waals surface area contributed by atoms with E-state index in [0.29, 0.717) is 24.1 Å². The van der Waals surface area contributed by atoms with Gasteiger partial charge in [0, 0.05) is 30.3 Å². The lowest BCUT2D eigenvalue weighted by atomic mass is 9.97. The summed E-state index contributed by atoms with van der Waals surface area (Å²) < 4.78 is 27.1. The summed E-state index contributed by atoms with van der Waals surface area (Å²) in [6, 6.07) is 12.5. The van der Waals surface area contributed by atoms with E-state index in [9.17, 15) is 22.8 Å². The standard InChI is InChI=1S/C24H29N3O5S/c1-16-4-10-22(11-5-16)33(31,32)27-14-12-20(13-15-27)24(30)25-17(2)23(29)26-21-8-6-19(7-9-21)18(3)28/h4-11,17,20H,12-15H2,1-3H3,(H,25,30)(H,26,29). The van der Waals surface area contributed by atoms with Crippen LogP contribution in [0.3, 0.4) is 0 Å². The molecule has 0 spiro atoms. The van der Waals surface area contributed by atoms with Gasteiger partial charge in [0.15, 0.2) is 5.78 Å². The van der Waals surface area contributed by atoms with Gasteiger partial charge in [0.1, 0.15) is 6.04 Å². The second kappa shape index (κ2) is 10.3. The lowest BCUT2D eigenvalue weighted by Crippen LogP contribution is -2.47. The summed E-state index contributed by atoms with van der Waals surface area (Å²) in [7, 11) is -3.59. The minimum atomic E-state index is -3.59. The molecule has 0 aromatic heterocycles. The SMILES string of the molecule is CC(=O)c1ccc(NC(=O)C(C)NC(=O)C2CCN(S(=O)(=O)c3ccc(C)cc3)CC2)cc1. The molecule has 1 heterocycles. The fourth-order valence-corrected chi connectivity index (χ4v) is 5.12. The van der Waals surface area contributed by atoms with Crippen LogP contribution in [0.2, 0.25) is 0 Å². The Labute approximate surface area is 194 Å². The molecule has 0 aliphatic carbocycles.